The van der Waals surface area contributed by atoms with Gasteiger partial charge < -0.3 is 10.6 Å². The third-order valence-electron chi connectivity index (χ3n) is 3.19. The van der Waals surface area contributed by atoms with Gasteiger partial charge in [-0.1, -0.05) is 0 Å². The van der Waals surface area contributed by atoms with E-state index >= 15 is 0 Å². The summed E-state index contributed by atoms with van der Waals surface area (Å²) in [5.74, 6) is 4.25. The van der Waals surface area contributed by atoms with Gasteiger partial charge >= 0.3 is 0 Å². The van der Waals surface area contributed by atoms with E-state index in [2.05, 4.69) is 5.43 Å². The first-order valence-electron chi connectivity index (χ1n) is 6.19. The fourth-order valence-electron chi connectivity index (χ4n) is 2.16. The molecule has 8 nitrogen and oxygen atoms in total. The Labute approximate surface area is 112 Å². The van der Waals surface area contributed by atoms with Crippen molar-refractivity contribution in [2.45, 2.75) is 12.8 Å². The molecule has 0 aromatic carbocycles. The largest absolute Gasteiger partial charge is 0.369 e. The summed E-state index contributed by atoms with van der Waals surface area (Å²) in [4.78, 5) is 37.3. The predicted molar refractivity (Wildman–Crippen MR) is 68.3 cm³/mol. The van der Waals surface area contributed by atoms with Gasteiger partial charge in [-0.3, -0.25) is 24.7 Å². The number of nitrogens with two attached hydrogens (primary N) is 2. The first kappa shape index (κ1) is 15.4. The third kappa shape index (κ3) is 4.84. The molecule has 19 heavy (non-hydrogen) atoms. The number of nitrogens with zero attached hydrogens (tertiary/aromatic N) is 2. The lowest BCUT2D eigenvalue weighted by atomic mass is 9.96. The van der Waals surface area contributed by atoms with E-state index in [1.807, 2.05) is 0 Å². The lowest BCUT2D eigenvalue weighted by molar-refractivity contribution is -0.136. The number of likely N-dealkylation sites (N-methyl/N-ethyl adjacent to an activating group) is 1. The van der Waals surface area contributed by atoms with Crippen molar-refractivity contribution in [2.75, 3.05) is 33.2 Å². The molecule has 0 unspecified atom stereocenters. The molecule has 0 radical (unpaired) electrons. The molecule has 3 amide bonds. The summed E-state index contributed by atoms with van der Waals surface area (Å²) in [5, 5.41) is 0. The highest BCUT2D eigenvalue weighted by molar-refractivity contribution is 5.81. The molecule has 1 heterocycles. The first-order chi connectivity index (χ1) is 8.93. The number of nitrogens with one attached hydrogen (secondary N) is 1. The highest BCUT2D eigenvalue weighted by Crippen LogP contribution is 2.17. The standard InChI is InChI=1S/C11H21N5O3/c1-15(6-9(12)17)7-10(18)16-4-2-8(3-5-16)11(19)14-13/h8H,2-7,13H2,1H3,(H2,12,17)(H,14,19). The minimum absolute atomic E-state index is 0.0534. The Balaban J connectivity index is 2.36. The number of hydrogen-bond donors (Lipinski definition) is 3. The minimum atomic E-state index is -0.464. The number of rotatable bonds is 5. The lowest BCUT2D eigenvalue weighted by Gasteiger charge is -2.32. The van der Waals surface area contributed by atoms with E-state index in [9.17, 15) is 14.4 Å². The van der Waals surface area contributed by atoms with Gasteiger partial charge in [0.25, 0.3) is 0 Å². The van der Waals surface area contributed by atoms with Gasteiger partial charge in [0.05, 0.1) is 13.1 Å². The van der Waals surface area contributed by atoms with Crippen LogP contribution in [0.3, 0.4) is 0 Å². The smallest absolute Gasteiger partial charge is 0.237 e. The molecule has 5 N–H and O–H groups in total. The van der Waals surface area contributed by atoms with Crippen LogP contribution in [0.15, 0.2) is 0 Å². The van der Waals surface area contributed by atoms with Gasteiger partial charge in [-0.15, -0.1) is 0 Å². The molecule has 1 rings (SSSR count). The van der Waals surface area contributed by atoms with Crippen molar-refractivity contribution >= 4 is 17.7 Å². The molecule has 0 saturated carbocycles. The second kappa shape index (κ2) is 7.05. The molecule has 0 atom stereocenters. The van der Waals surface area contributed by atoms with Crippen molar-refractivity contribution in [3.63, 3.8) is 0 Å². The van der Waals surface area contributed by atoms with Crippen molar-refractivity contribution in [2.24, 2.45) is 17.5 Å². The molecule has 1 fully saturated rings. The second-order valence-corrected chi connectivity index (χ2v) is 4.80. The number of carbonyl (C=O) groups is 3. The van der Waals surface area contributed by atoms with Crippen molar-refractivity contribution < 1.29 is 14.4 Å². The monoisotopic (exact) mass is 271 g/mol. The van der Waals surface area contributed by atoms with Crippen LogP contribution in [-0.4, -0.2) is 60.7 Å². The number of carbonyl (C=O) groups excluding carboxylic acids is 3. The highest BCUT2D eigenvalue weighted by Gasteiger charge is 2.27. The maximum absolute atomic E-state index is 11.9. The SMILES string of the molecule is CN(CC(N)=O)CC(=O)N1CCC(C(=O)NN)CC1. The Morgan fingerprint density at radius 2 is 1.84 bits per heavy atom. The van der Waals surface area contributed by atoms with E-state index < -0.39 is 5.91 Å². The molecule has 0 aromatic rings. The van der Waals surface area contributed by atoms with Crippen LogP contribution in [-0.2, 0) is 14.4 Å². The summed E-state index contributed by atoms with van der Waals surface area (Å²) < 4.78 is 0. The molecular weight excluding hydrogens is 250 g/mol. The first-order valence-corrected chi connectivity index (χ1v) is 6.19. The predicted octanol–water partition coefficient (Wildman–Crippen LogP) is -2.37. The number of hydrogen-bond acceptors (Lipinski definition) is 5. The Bertz CT molecular complexity index is 352. The van der Waals surface area contributed by atoms with Gasteiger partial charge in [0.15, 0.2) is 0 Å². The lowest BCUT2D eigenvalue weighted by Crippen LogP contribution is -2.47. The van der Waals surface area contributed by atoms with Crippen LogP contribution in [0.1, 0.15) is 12.8 Å². The molecule has 108 valence electrons. The van der Waals surface area contributed by atoms with Gasteiger partial charge in [-0.2, -0.15) is 0 Å². The minimum Gasteiger partial charge on any atom is -0.369 e. The van der Waals surface area contributed by atoms with Crippen molar-refractivity contribution in [3.8, 4) is 0 Å². The topological polar surface area (TPSA) is 122 Å². The summed E-state index contributed by atoms with van der Waals surface area (Å²) in [6.45, 7) is 1.26. The fourth-order valence-corrected chi connectivity index (χ4v) is 2.16. The van der Waals surface area contributed by atoms with E-state index in [0.717, 1.165) is 0 Å². The van der Waals surface area contributed by atoms with Gasteiger partial charge in [-0.05, 0) is 19.9 Å². The van der Waals surface area contributed by atoms with E-state index in [0.29, 0.717) is 25.9 Å². The normalized spacial score (nSPS) is 16.5. The molecule has 0 spiro atoms. The summed E-state index contributed by atoms with van der Waals surface area (Å²) in [5.41, 5.74) is 7.18. The van der Waals surface area contributed by atoms with Crippen molar-refractivity contribution in [1.82, 2.24) is 15.2 Å². The van der Waals surface area contributed by atoms with E-state index in [4.69, 9.17) is 11.6 Å². The Kier molecular flexibility index (Phi) is 5.71. The number of hydrazine groups is 1. The number of piperidine rings is 1. The zero-order valence-electron chi connectivity index (χ0n) is 11.1. The molecule has 0 aromatic heterocycles. The van der Waals surface area contributed by atoms with Crippen LogP contribution in [0.25, 0.3) is 0 Å². The zero-order chi connectivity index (χ0) is 14.4. The second-order valence-electron chi connectivity index (χ2n) is 4.80. The van der Waals surface area contributed by atoms with Crippen molar-refractivity contribution in [3.05, 3.63) is 0 Å². The van der Waals surface area contributed by atoms with Gasteiger partial charge in [0.1, 0.15) is 0 Å². The molecule has 1 aliphatic rings. The average molecular weight is 271 g/mol. The van der Waals surface area contributed by atoms with Crippen LogP contribution in [0.4, 0.5) is 0 Å². The summed E-state index contributed by atoms with van der Waals surface area (Å²) in [7, 11) is 1.66. The molecular formula is C11H21N5O3. The quantitative estimate of drug-likeness (QED) is 0.293. The van der Waals surface area contributed by atoms with Crippen molar-refractivity contribution in [1.29, 1.82) is 0 Å². The van der Waals surface area contributed by atoms with E-state index in [1.54, 1.807) is 16.8 Å². The Hall–Kier alpha value is -1.67. The number of amides is 3. The highest BCUT2D eigenvalue weighted by atomic mass is 16.2. The summed E-state index contributed by atoms with van der Waals surface area (Å²) >= 11 is 0. The van der Waals surface area contributed by atoms with Crippen LogP contribution in [0.5, 0.6) is 0 Å². The van der Waals surface area contributed by atoms with E-state index in [-0.39, 0.29) is 30.8 Å². The van der Waals surface area contributed by atoms with Gasteiger partial charge in [0, 0.05) is 19.0 Å². The fraction of sp³-hybridized carbons (Fsp3) is 0.727. The number of primary amides is 1. The molecule has 0 bridgehead atoms. The summed E-state index contributed by atoms with van der Waals surface area (Å²) in [6, 6.07) is 0. The van der Waals surface area contributed by atoms with Gasteiger partial charge in [0.2, 0.25) is 17.7 Å². The zero-order valence-corrected chi connectivity index (χ0v) is 11.1. The molecule has 8 heteroatoms. The van der Waals surface area contributed by atoms with Crippen LogP contribution >= 0.6 is 0 Å². The maximum Gasteiger partial charge on any atom is 0.237 e. The molecule has 1 saturated heterocycles. The van der Waals surface area contributed by atoms with Crippen LogP contribution < -0.4 is 17.0 Å². The average Bonchev–Trinajstić information content (AvgIpc) is 2.36. The van der Waals surface area contributed by atoms with Crippen LogP contribution in [0.2, 0.25) is 0 Å². The van der Waals surface area contributed by atoms with Gasteiger partial charge in [-0.25, -0.2) is 5.84 Å². The Morgan fingerprint density at radius 3 is 2.32 bits per heavy atom. The number of likely N-dealkylation sites (tertiary alicyclic amines) is 1. The maximum atomic E-state index is 11.9. The third-order valence-corrected chi connectivity index (χ3v) is 3.19. The Morgan fingerprint density at radius 1 is 1.26 bits per heavy atom. The summed E-state index contributed by atoms with van der Waals surface area (Å²) in [6.07, 6.45) is 1.21. The molecule has 1 aliphatic heterocycles. The molecule has 0 aliphatic carbocycles. The van der Waals surface area contributed by atoms with E-state index in [1.165, 1.54) is 0 Å². The van der Waals surface area contributed by atoms with Crippen LogP contribution in [0, 0.1) is 5.92 Å².